The number of carboxylic acids is 1. The number of hydrogen-bond donors (Lipinski definition) is 1. The fraction of sp³-hybridized carbons (Fsp3) is 0.800. The van der Waals surface area contributed by atoms with E-state index in [4.69, 9.17) is 51.5 Å². The number of halogens is 4. The molecule has 0 spiro atoms. The van der Waals surface area contributed by atoms with E-state index in [2.05, 4.69) is 0 Å². The van der Waals surface area contributed by atoms with Gasteiger partial charge in [-0.3, -0.25) is 4.79 Å². The van der Waals surface area contributed by atoms with Gasteiger partial charge in [-0.25, -0.2) is 0 Å². The van der Waals surface area contributed by atoms with Gasteiger partial charge >= 0.3 is 5.97 Å². The Hall–Kier alpha value is 0.630. The summed E-state index contributed by atoms with van der Waals surface area (Å²) < 4.78 is -1.28. The first-order valence-electron chi connectivity index (χ1n) is 2.68. The topological polar surface area (TPSA) is 37.3 Å². The number of carbonyl (C=O) groups is 1. The van der Waals surface area contributed by atoms with Crippen LogP contribution in [0.2, 0.25) is 0 Å². The van der Waals surface area contributed by atoms with Gasteiger partial charge in [0.15, 0.2) is 0 Å². The zero-order valence-corrected chi connectivity index (χ0v) is 8.81. The maximum atomic E-state index is 9.37. The van der Waals surface area contributed by atoms with E-state index in [0.717, 1.165) is 0 Å². The molecule has 0 bridgehead atoms. The van der Waals surface area contributed by atoms with E-state index in [-0.39, 0.29) is 12.3 Å². The first-order chi connectivity index (χ1) is 4.83. The van der Waals surface area contributed by atoms with Crippen LogP contribution in [0.15, 0.2) is 0 Å². The SMILES string of the molecule is CCC(=O)O.ClCC(Cl)(Cl)Cl. The summed E-state index contributed by atoms with van der Waals surface area (Å²) in [6, 6.07) is 0. The van der Waals surface area contributed by atoms with Crippen molar-refractivity contribution in [1.82, 2.24) is 0 Å². The van der Waals surface area contributed by atoms with Crippen LogP contribution < -0.4 is 0 Å². The van der Waals surface area contributed by atoms with Crippen molar-refractivity contribution >= 4 is 52.4 Å². The predicted octanol–water partition coefficient (Wildman–Crippen LogP) is 3.08. The fourth-order valence-electron chi connectivity index (χ4n) is 0. The molecule has 0 rings (SSSR count). The van der Waals surface area contributed by atoms with Crippen LogP contribution in [0.4, 0.5) is 0 Å². The van der Waals surface area contributed by atoms with Gasteiger partial charge in [-0.05, 0) is 0 Å². The Morgan fingerprint density at radius 2 is 1.64 bits per heavy atom. The van der Waals surface area contributed by atoms with Crippen molar-refractivity contribution in [1.29, 1.82) is 0 Å². The summed E-state index contributed by atoms with van der Waals surface area (Å²) in [4.78, 5) is 9.37. The van der Waals surface area contributed by atoms with E-state index >= 15 is 0 Å². The van der Waals surface area contributed by atoms with Crippen molar-refractivity contribution < 1.29 is 9.90 Å². The summed E-state index contributed by atoms with van der Waals surface area (Å²) in [6.45, 7) is 1.60. The van der Waals surface area contributed by atoms with E-state index < -0.39 is 9.76 Å². The highest BCUT2D eigenvalue weighted by molar-refractivity contribution is 6.69. The third-order valence-electron chi connectivity index (χ3n) is 0.454. The Morgan fingerprint density at radius 1 is 1.45 bits per heavy atom. The molecule has 68 valence electrons. The first-order valence-corrected chi connectivity index (χ1v) is 4.34. The second-order valence-corrected chi connectivity index (χ2v) is 4.28. The Morgan fingerprint density at radius 3 is 1.64 bits per heavy atom. The number of hydrogen-bond acceptors (Lipinski definition) is 1. The number of aliphatic carboxylic acids is 1. The van der Waals surface area contributed by atoms with Crippen LogP contribution in [0.25, 0.3) is 0 Å². The number of rotatable bonds is 1. The van der Waals surface area contributed by atoms with Crippen molar-refractivity contribution in [2.75, 3.05) is 5.88 Å². The molecular formula is C5H8Cl4O2. The lowest BCUT2D eigenvalue weighted by Crippen LogP contribution is -2.01. The minimum Gasteiger partial charge on any atom is -0.481 e. The highest BCUT2D eigenvalue weighted by atomic mass is 35.6. The summed E-state index contributed by atoms with van der Waals surface area (Å²) in [5.74, 6) is -0.706. The predicted molar refractivity (Wildman–Crippen MR) is 48.9 cm³/mol. The highest BCUT2D eigenvalue weighted by Crippen LogP contribution is 2.26. The Labute approximate surface area is 85.4 Å². The molecule has 0 aliphatic rings. The molecule has 0 aromatic carbocycles. The lowest BCUT2D eigenvalue weighted by Gasteiger charge is -2.00. The van der Waals surface area contributed by atoms with Crippen LogP contribution in [0, 0.1) is 0 Å². The van der Waals surface area contributed by atoms with Crippen LogP contribution in [0.1, 0.15) is 13.3 Å². The molecule has 0 amide bonds. The maximum absolute atomic E-state index is 9.37. The Balaban J connectivity index is 0. The molecule has 6 heteroatoms. The monoisotopic (exact) mass is 240 g/mol. The summed E-state index contributed by atoms with van der Waals surface area (Å²) in [5, 5.41) is 7.72. The highest BCUT2D eigenvalue weighted by Gasteiger charge is 2.16. The van der Waals surface area contributed by atoms with Crippen molar-refractivity contribution in [2.45, 2.75) is 17.1 Å². The summed E-state index contributed by atoms with van der Waals surface area (Å²) >= 11 is 20.4. The van der Waals surface area contributed by atoms with Crippen LogP contribution in [0.5, 0.6) is 0 Å². The van der Waals surface area contributed by atoms with Gasteiger partial charge in [-0.1, -0.05) is 41.7 Å². The minimum absolute atomic E-state index is 0.0394. The molecule has 0 saturated heterocycles. The number of carboxylic acid groups (broad SMARTS) is 1. The van der Waals surface area contributed by atoms with Crippen molar-refractivity contribution in [3.63, 3.8) is 0 Å². The van der Waals surface area contributed by atoms with Gasteiger partial charge in [-0.15, -0.1) is 11.6 Å². The Kier molecular flexibility index (Phi) is 9.39. The quantitative estimate of drug-likeness (QED) is 0.717. The van der Waals surface area contributed by atoms with E-state index in [1.807, 2.05) is 0 Å². The van der Waals surface area contributed by atoms with Gasteiger partial charge in [0, 0.05) is 6.42 Å². The van der Waals surface area contributed by atoms with Crippen molar-refractivity contribution in [2.24, 2.45) is 0 Å². The lowest BCUT2D eigenvalue weighted by atomic mass is 10.5. The van der Waals surface area contributed by atoms with Gasteiger partial charge in [0.25, 0.3) is 0 Å². The van der Waals surface area contributed by atoms with E-state index in [1.165, 1.54) is 0 Å². The zero-order valence-electron chi connectivity index (χ0n) is 5.78. The molecule has 1 N–H and O–H groups in total. The van der Waals surface area contributed by atoms with Gasteiger partial charge in [0.05, 0.1) is 5.88 Å². The van der Waals surface area contributed by atoms with Gasteiger partial charge in [0.2, 0.25) is 3.79 Å². The van der Waals surface area contributed by atoms with Gasteiger partial charge in [-0.2, -0.15) is 0 Å². The smallest absolute Gasteiger partial charge is 0.303 e. The maximum Gasteiger partial charge on any atom is 0.303 e. The average Bonchev–Trinajstić information content (AvgIpc) is 1.88. The van der Waals surface area contributed by atoms with Crippen molar-refractivity contribution in [3.8, 4) is 0 Å². The zero-order chi connectivity index (χ0) is 9.49. The van der Waals surface area contributed by atoms with Crippen LogP contribution in [-0.2, 0) is 4.79 Å². The fourth-order valence-corrected chi connectivity index (χ4v) is 0. The normalized spacial score (nSPS) is 9.91. The molecule has 11 heavy (non-hydrogen) atoms. The van der Waals surface area contributed by atoms with Crippen molar-refractivity contribution in [3.05, 3.63) is 0 Å². The van der Waals surface area contributed by atoms with E-state index in [1.54, 1.807) is 6.92 Å². The Bertz CT molecular complexity index is 110. The second kappa shape index (κ2) is 7.29. The van der Waals surface area contributed by atoms with Gasteiger partial charge < -0.3 is 5.11 Å². The summed E-state index contributed by atoms with van der Waals surface area (Å²) in [6.07, 6.45) is 0.222. The minimum atomic E-state index is -1.28. The van der Waals surface area contributed by atoms with Gasteiger partial charge in [0.1, 0.15) is 0 Å². The third-order valence-corrected chi connectivity index (χ3v) is 1.67. The summed E-state index contributed by atoms with van der Waals surface area (Å²) in [5.41, 5.74) is 0. The molecule has 0 radical (unpaired) electrons. The molecule has 0 aromatic heterocycles. The average molecular weight is 242 g/mol. The summed E-state index contributed by atoms with van der Waals surface area (Å²) in [7, 11) is 0. The molecule has 0 aliphatic carbocycles. The molecule has 0 fully saturated rings. The molecule has 0 unspecified atom stereocenters. The first kappa shape index (κ1) is 14.2. The van der Waals surface area contributed by atoms with E-state index in [9.17, 15) is 4.79 Å². The largest absolute Gasteiger partial charge is 0.481 e. The molecule has 0 aromatic rings. The van der Waals surface area contributed by atoms with Crippen LogP contribution >= 0.6 is 46.4 Å². The molecule has 0 saturated carbocycles. The molecule has 0 heterocycles. The van der Waals surface area contributed by atoms with E-state index in [0.29, 0.717) is 0 Å². The third kappa shape index (κ3) is 25.0. The molecule has 0 atom stereocenters. The molecule has 0 aliphatic heterocycles. The second-order valence-electron chi connectivity index (χ2n) is 1.50. The standard InChI is InChI=1S/C3H6O2.C2H2Cl4/c1-2-3(4)5;3-1-2(4,5)6/h2H2,1H3,(H,4,5);1H2. The lowest BCUT2D eigenvalue weighted by molar-refractivity contribution is -0.136. The molecule has 2 nitrogen and oxygen atoms in total. The molecular weight excluding hydrogens is 234 g/mol. The van der Waals surface area contributed by atoms with Crippen LogP contribution in [-0.4, -0.2) is 20.7 Å². The van der Waals surface area contributed by atoms with Crippen LogP contribution in [0.3, 0.4) is 0 Å². The number of alkyl halides is 4.